The fourth-order valence-electron chi connectivity index (χ4n) is 2.52. The van der Waals surface area contributed by atoms with Gasteiger partial charge in [-0.15, -0.1) is 0 Å². The van der Waals surface area contributed by atoms with E-state index in [1.807, 2.05) is 0 Å². The van der Waals surface area contributed by atoms with Crippen LogP contribution in [0.5, 0.6) is 0 Å². The highest BCUT2D eigenvalue weighted by Crippen LogP contribution is 2.22. The smallest absolute Gasteiger partial charge is 0.186 e. The van der Waals surface area contributed by atoms with Crippen molar-refractivity contribution in [1.82, 2.24) is 0 Å². The Morgan fingerprint density at radius 3 is 1.12 bits per heavy atom. The summed E-state index contributed by atoms with van der Waals surface area (Å²) in [5, 5.41) is 73.1. The van der Waals surface area contributed by atoms with Crippen LogP contribution in [0.3, 0.4) is 0 Å². The monoisotopic (exact) mass is 388 g/mol. The van der Waals surface area contributed by atoms with E-state index in [1.165, 1.54) is 14.2 Å². The summed E-state index contributed by atoms with van der Waals surface area (Å²) in [6.07, 6.45) is -11.8. The third-order valence-electron chi connectivity index (χ3n) is 4.16. The van der Waals surface area contributed by atoms with E-state index in [0.717, 1.165) is 0 Å². The fourth-order valence-corrected chi connectivity index (χ4v) is 2.52. The van der Waals surface area contributed by atoms with Gasteiger partial charge in [0.2, 0.25) is 0 Å². The van der Waals surface area contributed by atoms with E-state index in [4.69, 9.17) is 29.2 Å². The molecule has 156 valence electrons. The molecule has 0 aliphatic carbocycles. The molecule has 0 aromatic carbocycles. The van der Waals surface area contributed by atoms with E-state index in [-0.39, 0.29) is 0 Å². The quantitative estimate of drug-likeness (QED) is 0.228. The third-order valence-corrected chi connectivity index (χ3v) is 4.16. The molecule has 0 aromatic rings. The zero-order valence-corrected chi connectivity index (χ0v) is 14.4. The van der Waals surface area contributed by atoms with E-state index in [9.17, 15) is 30.6 Å². The Hall–Kier alpha value is -0.480. The highest BCUT2D eigenvalue weighted by molar-refractivity contribution is 4.89. The lowest BCUT2D eigenvalue weighted by Gasteiger charge is -2.38. The van der Waals surface area contributed by atoms with Crippen LogP contribution in [0.15, 0.2) is 0 Å². The highest BCUT2D eigenvalue weighted by atomic mass is 16.7. The Balaban J connectivity index is 0.000000260. The van der Waals surface area contributed by atoms with Gasteiger partial charge in [0, 0.05) is 14.2 Å². The van der Waals surface area contributed by atoms with Crippen molar-refractivity contribution in [2.45, 2.75) is 61.4 Å². The maximum absolute atomic E-state index is 9.28. The van der Waals surface area contributed by atoms with Gasteiger partial charge in [-0.2, -0.15) is 0 Å². The van der Waals surface area contributed by atoms with Crippen LogP contribution in [-0.4, -0.2) is 130 Å². The van der Waals surface area contributed by atoms with Crippen molar-refractivity contribution in [3.63, 3.8) is 0 Å². The number of rotatable bonds is 4. The van der Waals surface area contributed by atoms with Crippen molar-refractivity contribution >= 4 is 0 Å². The summed E-state index contributed by atoms with van der Waals surface area (Å²) in [6.45, 7) is -0.879. The van der Waals surface area contributed by atoms with Crippen LogP contribution in [-0.2, 0) is 18.9 Å². The fraction of sp³-hybridized carbons (Fsp3) is 1.00. The molecule has 12 nitrogen and oxygen atoms in total. The molecule has 26 heavy (non-hydrogen) atoms. The summed E-state index contributed by atoms with van der Waals surface area (Å²) in [6, 6.07) is 0. The summed E-state index contributed by atoms with van der Waals surface area (Å²) in [7, 11) is 2.60. The van der Waals surface area contributed by atoms with Gasteiger partial charge in [0.1, 0.15) is 48.8 Å². The second-order valence-electron chi connectivity index (χ2n) is 5.87. The standard InChI is InChI=1S/2C7H14O6/c2*1-12-7-6(11)5(10)4(9)3(2-8)13-7/h2*3-11H,2H2,1H3/t2*3?,4-,5+,6-,7-/m00/s1. The predicted molar refractivity (Wildman–Crippen MR) is 81.6 cm³/mol. The van der Waals surface area contributed by atoms with E-state index in [1.54, 1.807) is 0 Å². The lowest BCUT2D eigenvalue weighted by molar-refractivity contribution is -0.294. The first-order chi connectivity index (χ1) is 12.2. The lowest BCUT2D eigenvalue weighted by atomic mass is 9.99. The minimum Gasteiger partial charge on any atom is -0.394 e. The van der Waals surface area contributed by atoms with Gasteiger partial charge >= 0.3 is 0 Å². The molecule has 8 N–H and O–H groups in total. The molecule has 2 aliphatic heterocycles. The zero-order valence-electron chi connectivity index (χ0n) is 14.4. The van der Waals surface area contributed by atoms with Gasteiger partial charge in [-0.25, -0.2) is 0 Å². The minimum absolute atomic E-state index is 0.440. The molecule has 2 saturated heterocycles. The number of ether oxygens (including phenoxy) is 4. The Kier molecular flexibility index (Phi) is 9.74. The minimum atomic E-state index is -1.36. The molecule has 0 radical (unpaired) electrons. The summed E-state index contributed by atoms with van der Waals surface area (Å²) >= 11 is 0. The molecule has 2 heterocycles. The van der Waals surface area contributed by atoms with Crippen molar-refractivity contribution in [1.29, 1.82) is 0 Å². The van der Waals surface area contributed by atoms with Gasteiger partial charge in [-0.05, 0) is 0 Å². The first-order valence-electron chi connectivity index (χ1n) is 7.90. The molecule has 0 bridgehead atoms. The number of aliphatic hydroxyl groups excluding tert-OH is 8. The number of methoxy groups -OCH3 is 2. The predicted octanol–water partition coefficient (Wildman–Crippen LogP) is -5.13. The zero-order chi connectivity index (χ0) is 20.0. The molecular formula is C14H28O12. The van der Waals surface area contributed by atoms with E-state index in [0.29, 0.717) is 0 Å². The molecule has 0 spiro atoms. The van der Waals surface area contributed by atoms with Crippen molar-refractivity contribution < 1.29 is 59.8 Å². The molecule has 2 fully saturated rings. The molecule has 0 saturated carbocycles. The molecular weight excluding hydrogens is 360 g/mol. The second kappa shape index (κ2) is 10.8. The normalized spacial score (nSPS) is 46.4. The summed E-state index contributed by atoms with van der Waals surface area (Å²) in [5.41, 5.74) is 0. The van der Waals surface area contributed by atoms with Gasteiger partial charge < -0.3 is 59.8 Å². The SMILES string of the molecule is CO[C@H]1OC(CO)[C@H](O)[C@@H](O)[C@@H]1O.CO[C@H]1OC(CO)[C@H](O)[C@@H](O)[C@@H]1O. The summed E-state index contributed by atoms with van der Waals surface area (Å²) in [5.74, 6) is 0. The molecule has 0 amide bonds. The second-order valence-corrected chi connectivity index (χ2v) is 5.87. The van der Waals surface area contributed by atoms with Crippen molar-refractivity contribution in [3.8, 4) is 0 Å². The molecule has 2 aliphatic rings. The summed E-state index contributed by atoms with van der Waals surface area (Å²) in [4.78, 5) is 0. The topological polar surface area (TPSA) is 199 Å². The maximum Gasteiger partial charge on any atom is 0.186 e. The number of aliphatic hydroxyl groups is 8. The van der Waals surface area contributed by atoms with Crippen molar-refractivity contribution in [2.75, 3.05) is 27.4 Å². The Morgan fingerprint density at radius 2 is 0.885 bits per heavy atom. The molecule has 0 aromatic heterocycles. The first kappa shape index (κ1) is 23.6. The molecule has 12 heteroatoms. The molecule has 10 atom stereocenters. The van der Waals surface area contributed by atoms with Crippen LogP contribution < -0.4 is 0 Å². The number of hydrogen-bond acceptors (Lipinski definition) is 12. The third kappa shape index (κ3) is 5.28. The molecule has 2 unspecified atom stereocenters. The van der Waals surface area contributed by atoms with Crippen molar-refractivity contribution in [3.05, 3.63) is 0 Å². The van der Waals surface area contributed by atoms with Crippen LogP contribution >= 0.6 is 0 Å². The van der Waals surface area contributed by atoms with Gasteiger partial charge in [0.05, 0.1) is 13.2 Å². The van der Waals surface area contributed by atoms with Gasteiger partial charge in [-0.3, -0.25) is 0 Å². The van der Waals surface area contributed by atoms with Crippen LogP contribution in [0.2, 0.25) is 0 Å². The van der Waals surface area contributed by atoms with Gasteiger partial charge in [0.15, 0.2) is 12.6 Å². The largest absolute Gasteiger partial charge is 0.394 e. The van der Waals surface area contributed by atoms with Crippen molar-refractivity contribution in [2.24, 2.45) is 0 Å². The van der Waals surface area contributed by atoms with Crippen LogP contribution in [0.25, 0.3) is 0 Å². The van der Waals surface area contributed by atoms with Gasteiger partial charge in [-0.1, -0.05) is 0 Å². The molecule has 2 rings (SSSR count). The average molecular weight is 388 g/mol. The Morgan fingerprint density at radius 1 is 0.577 bits per heavy atom. The van der Waals surface area contributed by atoms with Crippen LogP contribution in [0.4, 0.5) is 0 Å². The number of hydrogen-bond donors (Lipinski definition) is 8. The highest BCUT2D eigenvalue weighted by Gasteiger charge is 2.44. The van der Waals surface area contributed by atoms with E-state index in [2.05, 4.69) is 0 Å². The maximum atomic E-state index is 9.28. The van der Waals surface area contributed by atoms with Crippen LogP contribution in [0, 0.1) is 0 Å². The van der Waals surface area contributed by atoms with Gasteiger partial charge in [0.25, 0.3) is 0 Å². The Labute approximate surface area is 149 Å². The summed E-state index contributed by atoms with van der Waals surface area (Å²) < 4.78 is 19.3. The van der Waals surface area contributed by atoms with Crippen LogP contribution in [0.1, 0.15) is 0 Å². The first-order valence-corrected chi connectivity index (χ1v) is 7.90. The Bertz CT molecular complexity index is 322. The average Bonchev–Trinajstić information content (AvgIpc) is 2.65. The lowest BCUT2D eigenvalue weighted by Crippen LogP contribution is -2.58. The van der Waals surface area contributed by atoms with E-state index >= 15 is 0 Å². The van der Waals surface area contributed by atoms with E-state index < -0.39 is 74.6 Å².